The van der Waals surface area contributed by atoms with E-state index in [4.69, 9.17) is 20.3 Å². The molecule has 2 fully saturated rings. The van der Waals surface area contributed by atoms with E-state index in [1.807, 2.05) is 77.8 Å². The van der Waals surface area contributed by atoms with Crippen LogP contribution in [0, 0.1) is 10.1 Å². The molecule has 2 aromatic rings. The van der Waals surface area contributed by atoms with Crippen LogP contribution >= 0.6 is 0 Å². The Kier molecular flexibility index (Phi) is 14.3. The molecule has 2 aromatic carbocycles. The molecule has 280 valence electrons. The van der Waals surface area contributed by atoms with E-state index >= 15 is 0 Å². The molecule has 0 bridgehead atoms. The van der Waals surface area contributed by atoms with Crippen LogP contribution in [0.4, 0.5) is 32.3 Å². The third-order valence-electron chi connectivity index (χ3n) is 9.33. The van der Waals surface area contributed by atoms with Gasteiger partial charge < -0.3 is 39.9 Å². The second-order valence-corrected chi connectivity index (χ2v) is 15.4. The van der Waals surface area contributed by atoms with Gasteiger partial charge in [-0.25, -0.2) is 9.59 Å². The maximum atomic E-state index is 12.2. The van der Waals surface area contributed by atoms with Crippen LogP contribution in [0.1, 0.15) is 81.1 Å². The average Bonchev–Trinajstić information content (AvgIpc) is 3.04. The molecule has 0 unspecified atom stereocenters. The lowest BCUT2D eigenvalue weighted by atomic mass is 9.87. The van der Waals surface area contributed by atoms with Crippen molar-refractivity contribution in [2.24, 2.45) is 0 Å². The number of non-ortho nitro benzene ring substituents is 1. The Balaban J connectivity index is 0.000000331. The molecule has 2 amide bonds. The Labute approximate surface area is 298 Å². The topological polar surface area (TPSA) is 155 Å². The molecule has 2 heterocycles. The third-order valence-corrected chi connectivity index (χ3v) is 9.33. The van der Waals surface area contributed by atoms with Crippen LogP contribution in [-0.4, -0.2) is 102 Å². The molecule has 0 aliphatic carbocycles. The third kappa shape index (κ3) is 12.0. The molecule has 3 N–H and O–H groups in total. The first-order valence-corrected chi connectivity index (χ1v) is 17.1. The number of benzene rings is 2. The summed E-state index contributed by atoms with van der Waals surface area (Å²) < 4.78 is 10.9. The van der Waals surface area contributed by atoms with Crippen molar-refractivity contribution in [1.29, 1.82) is 0 Å². The van der Waals surface area contributed by atoms with Gasteiger partial charge in [-0.15, -0.1) is 0 Å². The van der Waals surface area contributed by atoms with Crippen molar-refractivity contribution in [1.82, 2.24) is 9.80 Å². The number of nitrogens with zero attached hydrogens (tertiary/aromatic N) is 5. The lowest BCUT2D eigenvalue weighted by molar-refractivity contribution is -0.384. The van der Waals surface area contributed by atoms with E-state index in [0.29, 0.717) is 26.2 Å². The Bertz CT molecular complexity index is 1390. The van der Waals surface area contributed by atoms with E-state index in [0.717, 1.165) is 49.9 Å². The molecular weight excluding hydrogens is 640 g/mol. The number of nitrogen functional groups attached to an aromatic ring is 1. The van der Waals surface area contributed by atoms with Crippen LogP contribution in [0.5, 0.6) is 0 Å². The van der Waals surface area contributed by atoms with Crippen molar-refractivity contribution in [3.05, 3.63) is 58.6 Å². The van der Waals surface area contributed by atoms with Crippen molar-refractivity contribution < 1.29 is 29.1 Å². The van der Waals surface area contributed by atoms with Gasteiger partial charge in [-0.3, -0.25) is 10.1 Å². The monoisotopic (exact) mass is 700 g/mol. The van der Waals surface area contributed by atoms with Gasteiger partial charge in [0.25, 0.3) is 5.69 Å². The highest BCUT2D eigenvalue weighted by Gasteiger charge is 2.38. The zero-order chi connectivity index (χ0) is 38.1. The highest BCUT2D eigenvalue weighted by atomic mass is 16.6. The van der Waals surface area contributed by atoms with Gasteiger partial charge in [0, 0.05) is 87.7 Å². The number of piperidine rings is 2. The van der Waals surface area contributed by atoms with Crippen LogP contribution < -0.4 is 15.5 Å². The number of anilines is 3. The van der Waals surface area contributed by atoms with E-state index in [1.165, 1.54) is 12.1 Å². The Hall–Kier alpha value is -4.26. The molecule has 0 radical (unpaired) electrons. The van der Waals surface area contributed by atoms with Crippen molar-refractivity contribution >= 4 is 34.9 Å². The maximum absolute atomic E-state index is 12.2. The van der Waals surface area contributed by atoms with Gasteiger partial charge in [-0.2, -0.15) is 0 Å². The minimum absolute atomic E-state index is 0.0224. The number of aliphatic hydroxyl groups excluding tert-OH is 1. The number of hydrogen-bond donors (Lipinski definition) is 2. The predicted molar refractivity (Wildman–Crippen MR) is 200 cm³/mol. The van der Waals surface area contributed by atoms with Crippen molar-refractivity contribution in [3.63, 3.8) is 0 Å². The van der Waals surface area contributed by atoms with Crippen molar-refractivity contribution in [3.8, 4) is 0 Å². The van der Waals surface area contributed by atoms with Gasteiger partial charge in [0.05, 0.1) is 4.92 Å². The van der Waals surface area contributed by atoms with Crippen LogP contribution in [0.2, 0.25) is 0 Å². The smallest absolute Gasteiger partial charge is 0.410 e. The summed E-state index contributed by atoms with van der Waals surface area (Å²) in [5.41, 5.74) is 7.66. The first-order valence-electron chi connectivity index (χ1n) is 17.1. The Morgan fingerprint density at radius 1 is 0.720 bits per heavy atom. The minimum Gasteiger partial charge on any atom is -0.444 e. The summed E-state index contributed by atoms with van der Waals surface area (Å²) in [6, 6.07) is 14.5. The highest BCUT2D eigenvalue weighted by Crippen LogP contribution is 2.34. The SMILES string of the molecule is CN(c1ccc(N)cc1)C1(C)CCN(C(=O)OC(C)(C)C)CC1.CN(c1ccc([N+](=O)[O-])cc1)C1(C)CCN(C(=O)OC(C)(C)C)CC1.CO. The van der Waals surface area contributed by atoms with E-state index in [2.05, 4.69) is 30.7 Å². The predicted octanol–water partition coefficient (Wildman–Crippen LogP) is 6.92. The molecule has 50 heavy (non-hydrogen) atoms. The normalized spacial score (nSPS) is 16.8. The zero-order valence-electron chi connectivity index (χ0n) is 32.0. The largest absolute Gasteiger partial charge is 0.444 e. The summed E-state index contributed by atoms with van der Waals surface area (Å²) in [6.45, 7) is 18.4. The van der Waals surface area contributed by atoms with E-state index in [9.17, 15) is 19.7 Å². The van der Waals surface area contributed by atoms with Crippen LogP contribution in [0.15, 0.2) is 48.5 Å². The standard InChI is InChI=1S/C18H27N3O4.C18H29N3O2.CH4O/c1-17(2,3)25-16(22)20-12-10-18(4,11-13-20)19(5)14-6-8-15(9-7-14)21(23)24;1-17(2,3)23-16(22)21-12-10-18(4,11-13-21)20(5)15-8-6-14(19)7-9-15;1-2/h6-9H,10-13H2,1-5H3;6-9H,10-13,19H2,1-5H3;2H,1H3. The number of carbonyl (C=O) groups excluding carboxylic acids is 2. The molecule has 2 aliphatic rings. The second-order valence-electron chi connectivity index (χ2n) is 15.4. The second kappa shape index (κ2) is 17.1. The molecule has 0 saturated carbocycles. The van der Waals surface area contributed by atoms with Crippen LogP contribution in [0.3, 0.4) is 0 Å². The Morgan fingerprint density at radius 3 is 1.30 bits per heavy atom. The number of carbonyl (C=O) groups is 2. The average molecular weight is 701 g/mol. The van der Waals surface area contributed by atoms with E-state index in [-0.39, 0.29) is 29.0 Å². The number of nitro benzene ring substituents is 1. The van der Waals surface area contributed by atoms with Gasteiger partial charge in [0.2, 0.25) is 0 Å². The van der Waals surface area contributed by atoms with Crippen LogP contribution in [-0.2, 0) is 9.47 Å². The number of nitro groups is 1. The fourth-order valence-electron chi connectivity index (χ4n) is 5.79. The number of amides is 2. The zero-order valence-corrected chi connectivity index (χ0v) is 32.0. The highest BCUT2D eigenvalue weighted by molar-refractivity contribution is 5.69. The molecule has 2 aliphatic heterocycles. The number of ether oxygens (including phenoxy) is 2. The molecular formula is C37H60N6O7. The number of aliphatic hydroxyl groups is 1. The van der Waals surface area contributed by atoms with Gasteiger partial charge in [0.1, 0.15) is 11.2 Å². The van der Waals surface area contributed by atoms with Gasteiger partial charge in [-0.1, -0.05) is 0 Å². The maximum Gasteiger partial charge on any atom is 0.410 e. The first kappa shape index (κ1) is 41.9. The van der Waals surface area contributed by atoms with E-state index in [1.54, 1.807) is 17.0 Å². The summed E-state index contributed by atoms with van der Waals surface area (Å²) in [6.07, 6.45) is 2.95. The van der Waals surface area contributed by atoms with Crippen molar-refractivity contribution in [2.75, 3.05) is 62.9 Å². The van der Waals surface area contributed by atoms with Gasteiger partial charge >= 0.3 is 12.2 Å². The fourth-order valence-corrected chi connectivity index (χ4v) is 5.79. The molecule has 0 atom stereocenters. The van der Waals surface area contributed by atoms with Crippen molar-refractivity contribution in [2.45, 2.75) is 103 Å². The summed E-state index contributed by atoms with van der Waals surface area (Å²) >= 11 is 0. The van der Waals surface area contributed by atoms with Gasteiger partial charge in [-0.05, 0) is 117 Å². The molecule has 4 rings (SSSR count). The van der Waals surface area contributed by atoms with Crippen LogP contribution in [0.25, 0.3) is 0 Å². The number of hydrogen-bond acceptors (Lipinski definition) is 10. The minimum atomic E-state index is -0.493. The first-order chi connectivity index (χ1) is 23.1. The molecule has 2 saturated heterocycles. The summed E-state index contributed by atoms with van der Waals surface area (Å²) in [4.78, 5) is 42.7. The number of nitrogens with two attached hydrogens (primary N) is 1. The lowest BCUT2D eigenvalue weighted by Crippen LogP contribution is -2.54. The van der Waals surface area contributed by atoms with Gasteiger partial charge in [0.15, 0.2) is 0 Å². The fraction of sp³-hybridized carbons (Fsp3) is 0.622. The molecule has 13 nitrogen and oxygen atoms in total. The molecule has 13 heteroatoms. The lowest BCUT2D eigenvalue weighted by Gasteiger charge is -2.46. The number of rotatable bonds is 5. The van der Waals surface area contributed by atoms with E-state index < -0.39 is 16.1 Å². The molecule has 0 spiro atoms. The Morgan fingerprint density at radius 2 is 1.02 bits per heavy atom. The molecule has 0 aromatic heterocycles. The summed E-state index contributed by atoms with van der Waals surface area (Å²) in [7, 11) is 5.10. The quantitative estimate of drug-likeness (QED) is 0.191. The summed E-state index contributed by atoms with van der Waals surface area (Å²) in [5, 5.41) is 17.8. The summed E-state index contributed by atoms with van der Waals surface area (Å²) in [5.74, 6) is 0. The number of likely N-dealkylation sites (tertiary alicyclic amines) is 2.